The van der Waals surface area contributed by atoms with Crippen LogP contribution in [0.4, 0.5) is 0 Å². The molecule has 0 radical (unpaired) electrons. The predicted octanol–water partition coefficient (Wildman–Crippen LogP) is 1.96. The molecule has 1 aromatic carbocycles. The Kier molecular flexibility index (Phi) is 6.36. The van der Waals surface area contributed by atoms with Gasteiger partial charge in [-0.3, -0.25) is 4.79 Å². The van der Waals surface area contributed by atoms with Gasteiger partial charge in [-0.1, -0.05) is 25.5 Å². The number of nitrogens with one attached hydrogen (secondary N) is 1. The number of amides is 1. The Morgan fingerprint density at radius 2 is 1.95 bits per heavy atom. The average Bonchev–Trinajstić information content (AvgIpc) is 2.38. The van der Waals surface area contributed by atoms with Crippen LogP contribution in [0.1, 0.15) is 38.7 Å². The summed E-state index contributed by atoms with van der Waals surface area (Å²) in [6.07, 6.45) is 3.35. The lowest BCUT2D eigenvalue weighted by atomic mass is 10.1. The molecule has 4 heteroatoms. The number of nitrogens with two attached hydrogens (primary N) is 1. The maximum absolute atomic E-state index is 11.7. The van der Waals surface area contributed by atoms with Crippen molar-refractivity contribution in [2.24, 2.45) is 5.73 Å². The van der Waals surface area contributed by atoms with Gasteiger partial charge in [0.25, 0.3) is 0 Å². The van der Waals surface area contributed by atoms with Gasteiger partial charge in [0.15, 0.2) is 0 Å². The van der Waals surface area contributed by atoms with Crippen LogP contribution in [0.25, 0.3) is 0 Å². The highest BCUT2D eigenvalue weighted by atomic mass is 16.3. The van der Waals surface area contributed by atoms with Gasteiger partial charge in [-0.15, -0.1) is 0 Å². The van der Waals surface area contributed by atoms with Crippen molar-refractivity contribution in [2.45, 2.75) is 51.6 Å². The Morgan fingerprint density at radius 3 is 2.53 bits per heavy atom. The van der Waals surface area contributed by atoms with Crippen LogP contribution in [0.3, 0.4) is 0 Å². The van der Waals surface area contributed by atoms with Gasteiger partial charge in [-0.25, -0.2) is 0 Å². The number of phenols is 1. The van der Waals surface area contributed by atoms with Crippen molar-refractivity contribution in [1.29, 1.82) is 0 Å². The maximum atomic E-state index is 11.7. The lowest BCUT2D eigenvalue weighted by Crippen LogP contribution is -2.44. The molecule has 0 aliphatic rings. The summed E-state index contributed by atoms with van der Waals surface area (Å²) in [5, 5.41) is 12.1. The van der Waals surface area contributed by atoms with Crippen LogP contribution < -0.4 is 11.1 Å². The SMILES string of the molecule is CCC[C@H](N)C(=O)NC(C)CCc1ccc(O)cc1. The standard InChI is InChI=1S/C15H24N2O2/c1-3-4-14(16)15(19)17-11(2)5-6-12-7-9-13(18)10-8-12/h7-11,14,18H,3-6,16H2,1-2H3,(H,17,19)/t11?,14-/m0/s1. The van der Waals surface area contributed by atoms with E-state index >= 15 is 0 Å². The third-order valence-electron chi connectivity index (χ3n) is 3.13. The van der Waals surface area contributed by atoms with Crippen LogP contribution in [0.5, 0.6) is 5.75 Å². The first-order chi connectivity index (χ1) is 9.02. The molecule has 0 aliphatic heterocycles. The summed E-state index contributed by atoms with van der Waals surface area (Å²) in [6.45, 7) is 4.00. The fourth-order valence-corrected chi connectivity index (χ4v) is 1.91. The van der Waals surface area contributed by atoms with E-state index in [1.54, 1.807) is 12.1 Å². The zero-order chi connectivity index (χ0) is 14.3. The first kappa shape index (κ1) is 15.5. The molecule has 0 heterocycles. The first-order valence-corrected chi connectivity index (χ1v) is 6.86. The lowest BCUT2D eigenvalue weighted by Gasteiger charge is -2.17. The number of hydrogen-bond donors (Lipinski definition) is 3. The Hall–Kier alpha value is -1.55. The zero-order valence-electron chi connectivity index (χ0n) is 11.7. The van der Waals surface area contributed by atoms with E-state index in [1.807, 2.05) is 26.0 Å². The summed E-state index contributed by atoms with van der Waals surface area (Å²) in [4.78, 5) is 11.7. The number of hydrogen-bond acceptors (Lipinski definition) is 3. The largest absolute Gasteiger partial charge is 0.508 e. The minimum absolute atomic E-state index is 0.0694. The van der Waals surface area contributed by atoms with Gasteiger partial charge in [-0.05, 0) is 43.9 Å². The molecular formula is C15H24N2O2. The normalized spacial score (nSPS) is 13.8. The quantitative estimate of drug-likeness (QED) is 0.704. The van der Waals surface area contributed by atoms with Crippen LogP contribution in [0.15, 0.2) is 24.3 Å². The first-order valence-electron chi connectivity index (χ1n) is 6.86. The van der Waals surface area contributed by atoms with Crippen LogP contribution in [0.2, 0.25) is 0 Å². The van der Waals surface area contributed by atoms with Gasteiger partial charge in [0, 0.05) is 6.04 Å². The Labute approximate surface area is 115 Å². The third-order valence-corrected chi connectivity index (χ3v) is 3.13. The lowest BCUT2D eigenvalue weighted by molar-refractivity contribution is -0.123. The van der Waals surface area contributed by atoms with Crippen molar-refractivity contribution in [2.75, 3.05) is 0 Å². The molecule has 0 bridgehead atoms. The summed E-state index contributed by atoms with van der Waals surface area (Å²) in [5.74, 6) is 0.204. The summed E-state index contributed by atoms with van der Waals surface area (Å²) in [5.41, 5.74) is 6.91. The topological polar surface area (TPSA) is 75.4 Å². The number of carbonyl (C=O) groups excluding carboxylic acids is 1. The zero-order valence-corrected chi connectivity index (χ0v) is 11.7. The van der Waals surface area contributed by atoms with Crippen LogP contribution in [-0.2, 0) is 11.2 Å². The fraction of sp³-hybridized carbons (Fsp3) is 0.533. The molecule has 2 atom stereocenters. The van der Waals surface area contributed by atoms with E-state index in [-0.39, 0.29) is 17.7 Å². The van der Waals surface area contributed by atoms with E-state index in [1.165, 1.54) is 0 Å². The summed E-state index contributed by atoms with van der Waals surface area (Å²) in [7, 11) is 0. The van der Waals surface area contributed by atoms with E-state index in [4.69, 9.17) is 5.73 Å². The number of aryl methyl sites for hydroxylation is 1. The summed E-state index contributed by atoms with van der Waals surface area (Å²) >= 11 is 0. The smallest absolute Gasteiger partial charge is 0.237 e. The minimum atomic E-state index is -0.402. The Balaban J connectivity index is 2.33. The average molecular weight is 264 g/mol. The Bertz CT molecular complexity index is 390. The molecule has 0 fully saturated rings. The predicted molar refractivity (Wildman–Crippen MR) is 76.9 cm³/mol. The molecule has 4 N–H and O–H groups in total. The Morgan fingerprint density at radius 1 is 1.32 bits per heavy atom. The second-order valence-corrected chi connectivity index (χ2v) is 5.01. The van der Waals surface area contributed by atoms with Crippen molar-refractivity contribution >= 4 is 5.91 Å². The molecule has 0 aliphatic carbocycles. The van der Waals surface area contributed by atoms with Crippen molar-refractivity contribution in [3.05, 3.63) is 29.8 Å². The molecule has 19 heavy (non-hydrogen) atoms. The van der Waals surface area contributed by atoms with Gasteiger partial charge < -0.3 is 16.2 Å². The van der Waals surface area contributed by atoms with E-state index in [9.17, 15) is 9.90 Å². The van der Waals surface area contributed by atoms with Crippen LogP contribution in [-0.4, -0.2) is 23.1 Å². The van der Waals surface area contributed by atoms with Crippen molar-refractivity contribution < 1.29 is 9.90 Å². The number of phenolic OH excluding ortho intramolecular Hbond substituents is 1. The monoisotopic (exact) mass is 264 g/mol. The number of carbonyl (C=O) groups is 1. The van der Waals surface area contributed by atoms with E-state index in [0.29, 0.717) is 0 Å². The summed E-state index contributed by atoms with van der Waals surface area (Å²) < 4.78 is 0. The van der Waals surface area contributed by atoms with Crippen molar-refractivity contribution in [3.8, 4) is 5.75 Å². The van der Waals surface area contributed by atoms with Gasteiger partial charge in [0.2, 0.25) is 5.91 Å². The molecule has 1 unspecified atom stereocenters. The number of aromatic hydroxyl groups is 1. The van der Waals surface area contributed by atoms with Crippen LogP contribution in [0, 0.1) is 0 Å². The molecule has 0 spiro atoms. The van der Waals surface area contributed by atoms with Gasteiger partial charge in [-0.2, -0.15) is 0 Å². The highest BCUT2D eigenvalue weighted by molar-refractivity contribution is 5.81. The van der Waals surface area contributed by atoms with Gasteiger partial charge in [0.05, 0.1) is 6.04 Å². The van der Waals surface area contributed by atoms with Gasteiger partial charge in [0.1, 0.15) is 5.75 Å². The van der Waals surface area contributed by atoms with Crippen molar-refractivity contribution in [1.82, 2.24) is 5.32 Å². The molecule has 0 saturated carbocycles. The van der Waals surface area contributed by atoms with E-state index < -0.39 is 6.04 Å². The molecule has 1 aromatic rings. The number of benzene rings is 1. The second kappa shape index (κ2) is 7.79. The van der Waals surface area contributed by atoms with Gasteiger partial charge >= 0.3 is 0 Å². The molecule has 1 rings (SSSR count). The molecular weight excluding hydrogens is 240 g/mol. The van der Waals surface area contributed by atoms with E-state index in [2.05, 4.69) is 5.32 Å². The summed E-state index contributed by atoms with van der Waals surface area (Å²) in [6, 6.07) is 6.84. The third kappa shape index (κ3) is 5.75. The molecule has 106 valence electrons. The molecule has 0 saturated heterocycles. The maximum Gasteiger partial charge on any atom is 0.237 e. The number of rotatable bonds is 7. The van der Waals surface area contributed by atoms with E-state index in [0.717, 1.165) is 31.2 Å². The van der Waals surface area contributed by atoms with Crippen molar-refractivity contribution in [3.63, 3.8) is 0 Å². The fourth-order valence-electron chi connectivity index (χ4n) is 1.91. The van der Waals surface area contributed by atoms with Crippen LogP contribution >= 0.6 is 0 Å². The highest BCUT2D eigenvalue weighted by Gasteiger charge is 2.14. The highest BCUT2D eigenvalue weighted by Crippen LogP contribution is 2.12. The molecule has 4 nitrogen and oxygen atoms in total. The molecule has 0 aromatic heterocycles. The molecule has 1 amide bonds. The minimum Gasteiger partial charge on any atom is -0.508 e. The second-order valence-electron chi connectivity index (χ2n) is 5.01.